The number of carbonyl (C=O) groups is 1. The molecule has 0 aliphatic carbocycles. The molecule has 110 valence electrons. The summed E-state index contributed by atoms with van der Waals surface area (Å²) in [4.78, 5) is 13.7. The Hall–Kier alpha value is -2.60. The van der Waals surface area contributed by atoms with Crippen molar-refractivity contribution in [2.24, 2.45) is 0 Å². The van der Waals surface area contributed by atoms with Gasteiger partial charge in [0.05, 0.1) is 11.3 Å². The number of benzene rings is 2. The van der Waals surface area contributed by atoms with Crippen LogP contribution in [0.4, 0.5) is 5.69 Å². The minimum atomic E-state index is 0.476. The van der Waals surface area contributed by atoms with Crippen molar-refractivity contribution in [2.45, 2.75) is 19.3 Å². The molecule has 0 saturated carbocycles. The zero-order valence-electron chi connectivity index (χ0n) is 12.5. The quantitative estimate of drug-likeness (QED) is 0.802. The number of nitriles is 1. The fraction of sp³-hybridized carbons (Fsp3) is 0.263. The number of hydrogen-bond acceptors (Lipinski definition) is 3. The molecule has 2 aromatic rings. The van der Waals surface area contributed by atoms with Gasteiger partial charge in [-0.3, -0.25) is 4.79 Å². The van der Waals surface area contributed by atoms with E-state index in [1.807, 2.05) is 42.5 Å². The Labute approximate surface area is 130 Å². The highest BCUT2D eigenvalue weighted by Crippen LogP contribution is 2.32. The van der Waals surface area contributed by atoms with Gasteiger partial charge in [0.15, 0.2) is 6.29 Å². The van der Waals surface area contributed by atoms with Gasteiger partial charge in [-0.1, -0.05) is 30.3 Å². The van der Waals surface area contributed by atoms with Crippen molar-refractivity contribution in [1.82, 2.24) is 0 Å². The Kier molecular flexibility index (Phi) is 4.20. The second-order valence-corrected chi connectivity index (χ2v) is 5.60. The molecule has 1 aliphatic rings. The summed E-state index contributed by atoms with van der Waals surface area (Å²) in [6, 6.07) is 16.1. The first-order chi connectivity index (χ1) is 10.8. The molecule has 0 unspecified atom stereocenters. The Morgan fingerprint density at radius 1 is 1.00 bits per heavy atom. The molecule has 1 heterocycles. The van der Waals surface area contributed by atoms with E-state index in [9.17, 15) is 10.1 Å². The van der Waals surface area contributed by atoms with E-state index in [1.54, 1.807) is 0 Å². The van der Waals surface area contributed by atoms with Crippen molar-refractivity contribution in [1.29, 1.82) is 5.26 Å². The minimum absolute atomic E-state index is 0.476. The maximum atomic E-state index is 11.4. The van der Waals surface area contributed by atoms with Crippen LogP contribution in [0.25, 0.3) is 11.1 Å². The smallest absolute Gasteiger partial charge is 0.151 e. The summed E-state index contributed by atoms with van der Waals surface area (Å²) < 4.78 is 0. The molecular weight excluding hydrogens is 272 g/mol. The maximum absolute atomic E-state index is 11.4. The van der Waals surface area contributed by atoms with Gasteiger partial charge in [0, 0.05) is 18.7 Å². The van der Waals surface area contributed by atoms with E-state index in [4.69, 9.17) is 0 Å². The van der Waals surface area contributed by atoms with Gasteiger partial charge < -0.3 is 4.90 Å². The normalized spacial score (nSPS) is 14.4. The molecule has 22 heavy (non-hydrogen) atoms. The minimum Gasteiger partial charge on any atom is -0.370 e. The predicted molar refractivity (Wildman–Crippen MR) is 88.0 cm³/mol. The van der Waals surface area contributed by atoms with Crippen molar-refractivity contribution >= 4 is 12.0 Å². The van der Waals surface area contributed by atoms with Gasteiger partial charge in [-0.2, -0.15) is 5.26 Å². The third-order valence-corrected chi connectivity index (χ3v) is 4.19. The second kappa shape index (κ2) is 6.44. The van der Waals surface area contributed by atoms with Gasteiger partial charge in [-0.25, -0.2) is 0 Å². The second-order valence-electron chi connectivity index (χ2n) is 5.60. The van der Waals surface area contributed by atoms with Crippen molar-refractivity contribution < 1.29 is 4.79 Å². The molecule has 0 amide bonds. The van der Waals surface area contributed by atoms with E-state index in [1.165, 1.54) is 6.42 Å². The molecule has 0 aromatic heterocycles. The van der Waals surface area contributed by atoms with Crippen LogP contribution >= 0.6 is 0 Å². The standard InChI is InChI=1S/C19H18N2O/c20-13-18-17(14-22)11-16(15-7-3-1-4-8-15)12-19(18)21-9-5-2-6-10-21/h1,3-4,7-8,11-12,14H,2,5-6,9-10H2. The fourth-order valence-electron chi connectivity index (χ4n) is 3.04. The monoisotopic (exact) mass is 290 g/mol. The molecule has 0 spiro atoms. The van der Waals surface area contributed by atoms with Crippen molar-refractivity contribution in [3.63, 3.8) is 0 Å². The van der Waals surface area contributed by atoms with E-state index < -0.39 is 0 Å². The molecular formula is C19H18N2O. The van der Waals surface area contributed by atoms with Crippen LogP contribution in [-0.4, -0.2) is 19.4 Å². The van der Waals surface area contributed by atoms with Crippen LogP contribution in [-0.2, 0) is 0 Å². The van der Waals surface area contributed by atoms with Crippen molar-refractivity contribution in [3.8, 4) is 17.2 Å². The van der Waals surface area contributed by atoms with E-state index >= 15 is 0 Å². The van der Waals surface area contributed by atoms with Crippen LogP contribution in [0.15, 0.2) is 42.5 Å². The molecule has 2 aromatic carbocycles. The third kappa shape index (κ3) is 2.73. The highest BCUT2D eigenvalue weighted by molar-refractivity contribution is 5.88. The summed E-state index contributed by atoms with van der Waals surface area (Å²) in [5.74, 6) is 0. The molecule has 3 heteroatoms. The van der Waals surface area contributed by atoms with Gasteiger partial charge in [0.2, 0.25) is 0 Å². The lowest BCUT2D eigenvalue weighted by Gasteiger charge is -2.30. The van der Waals surface area contributed by atoms with Crippen LogP contribution in [0.2, 0.25) is 0 Å². The first kappa shape index (κ1) is 14.3. The fourth-order valence-corrected chi connectivity index (χ4v) is 3.04. The lowest BCUT2D eigenvalue weighted by Crippen LogP contribution is -2.30. The molecule has 3 nitrogen and oxygen atoms in total. The van der Waals surface area contributed by atoms with Crippen LogP contribution in [0.3, 0.4) is 0 Å². The molecule has 1 aliphatic heterocycles. The molecule has 0 radical (unpaired) electrons. The summed E-state index contributed by atoms with van der Waals surface area (Å²) in [5, 5.41) is 9.49. The number of carbonyl (C=O) groups excluding carboxylic acids is 1. The van der Waals surface area contributed by atoms with E-state index in [-0.39, 0.29) is 0 Å². The largest absolute Gasteiger partial charge is 0.370 e. The number of rotatable bonds is 3. The van der Waals surface area contributed by atoms with Gasteiger partial charge >= 0.3 is 0 Å². The van der Waals surface area contributed by atoms with Gasteiger partial charge in [-0.05, 0) is 42.5 Å². The topological polar surface area (TPSA) is 44.1 Å². The molecule has 0 atom stereocenters. The Morgan fingerprint density at radius 3 is 2.36 bits per heavy atom. The number of hydrogen-bond donors (Lipinski definition) is 0. The van der Waals surface area contributed by atoms with Gasteiger partial charge in [0.1, 0.15) is 6.07 Å². The summed E-state index contributed by atoms with van der Waals surface area (Å²) in [6.07, 6.45) is 4.30. The number of nitrogens with zero attached hydrogens (tertiary/aromatic N) is 2. The predicted octanol–water partition coefficient (Wildman–Crippen LogP) is 4.03. The highest BCUT2D eigenvalue weighted by atomic mass is 16.1. The Balaban J connectivity index is 2.14. The Bertz CT molecular complexity index is 710. The summed E-state index contributed by atoms with van der Waals surface area (Å²) in [6.45, 7) is 1.90. The first-order valence-corrected chi connectivity index (χ1v) is 7.67. The lowest BCUT2D eigenvalue weighted by atomic mass is 9.96. The molecule has 1 saturated heterocycles. The van der Waals surface area contributed by atoms with Gasteiger partial charge in [0.25, 0.3) is 0 Å². The highest BCUT2D eigenvalue weighted by Gasteiger charge is 2.18. The zero-order chi connectivity index (χ0) is 15.4. The SMILES string of the molecule is N#Cc1c(C=O)cc(-c2ccccc2)cc1N1CCCCC1. The number of anilines is 1. The maximum Gasteiger partial charge on any atom is 0.151 e. The van der Waals surface area contributed by atoms with E-state index in [0.717, 1.165) is 49.0 Å². The van der Waals surface area contributed by atoms with Crippen molar-refractivity contribution in [2.75, 3.05) is 18.0 Å². The van der Waals surface area contributed by atoms with Crippen molar-refractivity contribution in [3.05, 3.63) is 53.6 Å². The zero-order valence-corrected chi connectivity index (χ0v) is 12.5. The van der Waals surface area contributed by atoms with E-state index in [2.05, 4.69) is 11.0 Å². The average molecular weight is 290 g/mol. The number of piperidine rings is 1. The summed E-state index contributed by atoms with van der Waals surface area (Å²) >= 11 is 0. The van der Waals surface area contributed by atoms with Crippen LogP contribution in [0, 0.1) is 11.3 Å². The van der Waals surface area contributed by atoms with E-state index in [0.29, 0.717) is 11.1 Å². The first-order valence-electron chi connectivity index (χ1n) is 7.67. The average Bonchev–Trinajstić information content (AvgIpc) is 2.62. The molecule has 3 rings (SSSR count). The Morgan fingerprint density at radius 2 is 1.73 bits per heavy atom. The summed E-state index contributed by atoms with van der Waals surface area (Å²) in [7, 11) is 0. The number of aldehydes is 1. The lowest BCUT2D eigenvalue weighted by molar-refractivity contribution is 0.112. The van der Waals surface area contributed by atoms with Crippen LogP contribution < -0.4 is 4.90 Å². The van der Waals surface area contributed by atoms with Crippen LogP contribution in [0.5, 0.6) is 0 Å². The molecule has 1 fully saturated rings. The third-order valence-electron chi connectivity index (χ3n) is 4.19. The van der Waals surface area contributed by atoms with Gasteiger partial charge in [-0.15, -0.1) is 0 Å². The summed E-state index contributed by atoms with van der Waals surface area (Å²) in [5.41, 5.74) is 3.92. The molecule has 0 bridgehead atoms. The van der Waals surface area contributed by atoms with Crippen LogP contribution in [0.1, 0.15) is 35.2 Å². The molecule has 0 N–H and O–H groups in total.